The van der Waals surface area contributed by atoms with Crippen LogP contribution in [0, 0.1) is 5.92 Å². The van der Waals surface area contributed by atoms with Crippen molar-refractivity contribution in [3.8, 4) is 5.75 Å². The van der Waals surface area contributed by atoms with Crippen molar-refractivity contribution in [1.29, 1.82) is 0 Å². The van der Waals surface area contributed by atoms with E-state index in [0.29, 0.717) is 6.54 Å². The molecular formula is C19H28N2O2. The summed E-state index contributed by atoms with van der Waals surface area (Å²) in [6, 6.07) is 8.51. The Morgan fingerprint density at radius 3 is 2.70 bits per heavy atom. The predicted octanol–water partition coefficient (Wildman–Crippen LogP) is 3.14. The third-order valence-corrected chi connectivity index (χ3v) is 5.26. The Kier molecular flexibility index (Phi) is 5.55. The molecule has 1 saturated heterocycles. The van der Waals surface area contributed by atoms with Crippen LogP contribution in [0.1, 0.15) is 50.1 Å². The smallest absolute Gasteiger partial charge is 0.223 e. The number of amides is 1. The molecular weight excluding hydrogens is 288 g/mol. The molecule has 1 atom stereocenters. The average Bonchev–Trinajstić information content (AvgIpc) is 3.29. The Balaban J connectivity index is 1.68. The molecule has 1 heterocycles. The number of likely N-dealkylation sites (tertiary alicyclic amines) is 1. The molecule has 3 rings (SSSR count). The predicted molar refractivity (Wildman–Crippen MR) is 91.5 cm³/mol. The summed E-state index contributed by atoms with van der Waals surface area (Å²) in [7, 11) is 1.70. The maximum absolute atomic E-state index is 12.4. The van der Waals surface area contributed by atoms with Crippen molar-refractivity contribution in [3.63, 3.8) is 0 Å². The minimum absolute atomic E-state index is 0.236. The van der Waals surface area contributed by atoms with Crippen LogP contribution in [-0.2, 0) is 4.79 Å². The van der Waals surface area contributed by atoms with Crippen LogP contribution in [0.5, 0.6) is 5.75 Å². The van der Waals surface area contributed by atoms with Crippen molar-refractivity contribution < 1.29 is 9.53 Å². The van der Waals surface area contributed by atoms with Gasteiger partial charge in [-0.15, -0.1) is 0 Å². The molecule has 1 aliphatic carbocycles. The third kappa shape index (κ3) is 4.05. The number of benzene rings is 1. The van der Waals surface area contributed by atoms with Gasteiger partial charge in [0.15, 0.2) is 0 Å². The minimum Gasteiger partial charge on any atom is -0.497 e. The number of hydrogen-bond acceptors (Lipinski definition) is 3. The van der Waals surface area contributed by atoms with Gasteiger partial charge in [-0.05, 0) is 56.5 Å². The zero-order valence-electron chi connectivity index (χ0n) is 14.1. The molecule has 4 nitrogen and oxygen atoms in total. The summed E-state index contributed by atoms with van der Waals surface area (Å²) in [6.45, 7) is 2.92. The molecule has 0 spiro atoms. The summed E-state index contributed by atoms with van der Waals surface area (Å²) < 4.78 is 5.37. The molecule has 1 aliphatic heterocycles. The van der Waals surface area contributed by atoms with Crippen molar-refractivity contribution >= 4 is 5.91 Å². The SMILES string of the molecule is COc1cccc([C@@H](CNC(=O)C2CCCC2)N2CCCC2)c1. The maximum Gasteiger partial charge on any atom is 0.223 e. The third-order valence-electron chi connectivity index (χ3n) is 5.26. The number of nitrogens with zero attached hydrogens (tertiary/aromatic N) is 1. The summed E-state index contributed by atoms with van der Waals surface area (Å²) in [5, 5.41) is 3.22. The average molecular weight is 316 g/mol. The Hall–Kier alpha value is -1.55. The number of nitrogens with one attached hydrogen (secondary N) is 1. The number of hydrogen-bond donors (Lipinski definition) is 1. The second-order valence-corrected chi connectivity index (χ2v) is 6.76. The van der Waals surface area contributed by atoms with Crippen LogP contribution >= 0.6 is 0 Å². The van der Waals surface area contributed by atoms with E-state index in [-0.39, 0.29) is 17.9 Å². The molecule has 0 bridgehead atoms. The van der Waals surface area contributed by atoms with Crippen molar-refractivity contribution in [2.45, 2.75) is 44.6 Å². The van der Waals surface area contributed by atoms with Gasteiger partial charge in [0.2, 0.25) is 5.91 Å². The lowest BCUT2D eigenvalue weighted by Gasteiger charge is -2.29. The first-order chi connectivity index (χ1) is 11.3. The maximum atomic E-state index is 12.4. The topological polar surface area (TPSA) is 41.6 Å². The summed E-state index contributed by atoms with van der Waals surface area (Å²) in [4.78, 5) is 14.9. The molecule has 23 heavy (non-hydrogen) atoms. The highest BCUT2D eigenvalue weighted by atomic mass is 16.5. The second kappa shape index (κ2) is 7.82. The lowest BCUT2D eigenvalue weighted by Crippen LogP contribution is -2.38. The fraction of sp³-hybridized carbons (Fsp3) is 0.632. The van der Waals surface area contributed by atoms with Gasteiger partial charge < -0.3 is 10.1 Å². The molecule has 0 unspecified atom stereocenters. The highest BCUT2D eigenvalue weighted by Gasteiger charge is 2.27. The molecule has 0 radical (unpaired) electrons. The number of carbonyl (C=O) groups excluding carboxylic acids is 1. The fourth-order valence-electron chi connectivity index (χ4n) is 3.89. The van der Waals surface area contributed by atoms with Crippen LogP contribution in [0.25, 0.3) is 0 Å². The van der Waals surface area contributed by atoms with E-state index in [2.05, 4.69) is 22.3 Å². The summed E-state index contributed by atoms with van der Waals surface area (Å²) >= 11 is 0. The van der Waals surface area contributed by atoms with Gasteiger partial charge >= 0.3 is 0 Å². The van der Waals surface area contributed by atoms with E-state index in [4.69, 9.17) is 4.74 Å². The molecule has 1 N–H and O–H groups in total. The first-order valence-corrected chi connectivity index (χ1v) is 8.93. The molecule has 1 amide bonds. The van der Waals surface area contributed by atoms with E-state index in [1.165, 1.54) is 31.2 Å². The van der Waals surface area contributed by atoms with Crippen molar-refractivity contribution in [3.05, 3.63) is 29.8 Å². The molecule has 1 aromatic rings. The Labute approximate surface area is 139 Å². The van der Waals surface area contributed by atoms with Crippen LogP contribution in [0.4, 0.5) is 0 Å². The summed E-state index contributed by atoms with van der Waals surface area (Å²) in [5.74, 6) is 1.36. The molecule has 126 valence electrons. The quantitative estimate of drug-likeness (QED) is 0.876. The number of ether oxygens (including phenoxy) is 1. The molecule has 4 heteroatoms. The Morgan fingerprint density at radius 2 is 2.00 bits per heavy atom. The summed E-state index contributed by atoms with van der Waals surface area (Å²) in [5.41, 5.74) is 1.23. The number of rotatable bonds is 6. The molecule has 1 saturated carbocycles. The van der Waals surface area contributed by atoms with Crippen LogP contribution in [0.15, 0.2) is 24.3 Å². The van der Waals surface area contributed by atoms with Gasteiger partial charge in [0.25, 0.3) is 0 Å². The number of carbonyl (C=O) groups is 1. The van der Waals surface area contributed by atoms with E-state index in [0.717, 1.165) is 31.7 Å². The highest BCUT2D eigenvalue weighted by molar-refractivity contribution is 5.78. The number of methoxy groups -OCH3 is 1. The van der Waals surface area contributed by atoms with Crippen LogP contribution in [-0.4, -0.2) is 37.6 Å². The summed E-state index contributed by atoms with van der Waals surface area (Å²) in [6.07, 6.45) is 7.00. The molecule has 2 fully saturated rings. The zero-order valence-corrected chi connectivity index (χ0v) is 14.1. The van der Waals surface area contributed by atoms with Crippen LogP contribution < -0.4 is 10.1 Å². The van der Waals surface area contributed by atoms with Crippen LogP contribution in [0.3, 0.4) is 0 Å². The van der Waals surface area contributed by atoms with Crippen LogP contribution in [0.2, 0.25) is 0 Å². The fourth-order valence-corrected chi connectivity index (χ4v) is 3.89. The van der Waals surface area contributed by atoms with Gasteiger partial charge in [0.1, 0.15) is 5.75 Å². The highest BCUT2D eigenvalue weighted by Crippen LogP contribution is 2.28. The van der Waals surface area contributed by atoms with E-state index in [9.17, 15) is 4.79 Å². The lowest BCUT2D eigenvalue weighted by atomic mass is 10.0. The van der Waals surface area contributed by atoms with Gasteiger partial charge in [0, 0.05) is 12.5 Å². The van der Waals surface area contributed by atoms with E-state index in [1.54, 1.807) is 7.11 Å². The van der Waals surface area contributed by atoms with Gasteiger partial charge in [-0.1, -0.05) is 25.0 Å². The Morgan fingerprint density at radius 1 is 1.26 bits per heavy atom. The van der Waals surface area contributed by atoms with E-state index >= 15 is 0 Å². The molecule has 1 aromatic carbocycles. The minimum atomic E-state index is 0.236. The first kappa shape index (κ1) is 16.3. The van der Waals surface area contributed by atoms with Crippen molar-refractivity contribution in [1.82, 2.24) is 10.2 Å². The zero-order chi connectivity index (χ0) is 16.1. The lowest BCUT2D eigenvalue weighted by molar-refractivity contribution is -0.125. The first-order valence-electron chi connectivity index (χ1n) is 8.93. The van der Waals surface area contributed by atoms with Crippen molar-refractivity contribution in [2.24, 2.45) is 5.92 Å². The van der Waals surface area contributed by atoms with Gasteiger partial charge in [-0.25, -0.2) is 0 Å². The molecule has 2 aliphatic rings. The van der Waals surface area contributed by atoms with Crippen molar-refractivity contribution in [2.75, 3.05) is 26.7 Å². The standard InChI is InChI=1S/C19H28N2O2/c1-23-17-10-6-9-16(13-17)18(21-11-4-5-12-21)14-20-19(22)15-7-2-3-8-15/h6,9-10,13,15,18H,2-5,7-8,11-12,14H2,1H3,(H,20,22)/t18-/m1/s1. The van der Waals surface area contributed by atoms with Gasteiger partial charge in [-0.3, -0.25) is 9.69 Å². The molecule has 0 aromatic heterocycles. The van der Waals surface area contributed by atoms with E-state index in [1.807, 2.05) is 12.1 Å². The van der Waals surface area contributed by atoms with E-state index < -0.39 is 0 Å². The van der Waals surface area contributed by atoms with Gasteiger partial charge in [0.05, 0.1) is 13.2 Å². The Bertz CT molecular complexity index is 520. The normalized spacial score (nSPS) is 20.6. The largest absolute Gasteiger partial charge is 0.497 e. The monoisotopic (exact) mass is 316 g/mol. The van der Waals surface area contributed by atoms with Gasteiger partial charge in [-0.2, -0.15) is 0 Å². The second-order valence-electron chi connectivity index (χ2n) is 6.76.